The average Bonchev–Trinajstić information content (AvgIpc) is 2.82. The molecule has 1 atom stereocenters. The minimum atomic E-state index is -0.862. The summed E-state index contributed by atoms with van der Waals surface area (Å²) in [5.41, 5.74) is 4.66. The molecular weight excluding hydrogens is 238 g/mol. The zero-order chi connectivity index (χ0) is 13.4. The van der Waals surface area contributed by atoms with E-state index in [2.05, 4.69) is 11.1 Å². The third-order valence-corrected chi connectivity index (χ3v) is 3.77. The van der Waals surface area contributed by atoms with Crippen LogP contribution in [0, 0.1) is 6.92 Å². The first kappa shape index (κ1) is 11.9. The minimum absolute atomic E-state index is 0.113. The smallest absolute Gasteiger partial charge is 0.335 e. The fourth-order valence-corrected chi connectivity index (χ4v) is 2.88. The van der Waals surface area contributed by atoms with Crippen molar-refractivity contribution < 1.29 is 9.90 Å². The highest BCUT2D eigenvalue weighted by Crippen LogP contribution is 2.38. The van der Waals surface area contributed by atoms with Crippen LogP contribution in [-0.2, 0) is 6.42 Å². The molecule has 0 amide bonds. The number of carboxylic acid groups (broad SMARTS) is 1. The van der Waals surface area contributed by atoms with Crippen LogP contribution in [0.5, 0.6) is 0 Å². The van der Waals surface area contributed by atoms with Crippen LogP contribution in [0.1, 0.15) is 45.1 Å². The molecule has 0 spiro atoms. The maximum atomic E-state index is 11.4. The summed E-state index contributed by atoms with van der Waals surface area (Å²) in [4.78, 5) is 15.8. The minimum Gasteiger partial charge on any atom is -0.478 e. The van der Waals surface area contributed by atoms with Crippen molar-refractivity contribution in [1.82, 2.24) is 4.98 Å². The van der Waals surface area contributed by atoms with Gasteiger partial charge in [-0.25, -0.2) is 4.79 Å². The molecule has 19 heavy (non-hydrogen) atoms. The van der Waals surface area contributed by atoms with E-state index in [4.69, 9.17) is 0 Å². The van der Waals surface area contributed by atoms with Crippen molar-refractivity contribution in [3.05, 3.63) is 64.5 Å². The maximum Gasteiger partial charge on any atom is 0.335 e. The molecule has 3 rings (SSSR count). The second-order valence-electron chi connectivity index (χ2n) is 5.03. The first-order valence-electron chi connectivity index (χ1n) is 6.44. The van der Waals surface area contributed by atoms with Crippen molar-refractivity contribution in [2.75, 3.05) is 0 Å². The third-order valence-electron chi connectivity index (χ3n) is 3.77. The Bertz CT molecular complexity index is 649. The SMILES string of the molecule is Cc1ccc(C(=O)O)c(C2CCc3cccnc32)c1. The van der Waals surface area contributed by atoms with E-state index in [0.717, 1.165) is 29.7 Å². The van der Waals surface area contributed by atoms with E-state index in [-0.39, 0.29) is 5.92 Å². The maximum absolute atomic E-state index is 11.4. The Hall–Kier alpha value is -2.16. The van der Waals surface area contributed by atoms with E-state index in [9.17, 15) is 9.90 Å². The van der Waals surface area contributed by atoms with E-state index in [1.807, 2.05) is 25.1 Å². The molecular formula is C16H15NO2. The molecule has 0 saturated heterocycles. The molecule has 1 aromatic carbocycles. The van der Waals surface area contributed by atoms with Gasteiger partial charge in [-0.3, -0.25) is 4.98 Å². The number of aromatic nitrogens is 1. The van der Waals surface area contributed by atoms with E-state index in [1.54, 1.807) is 12.3 Å². The van der Waals surface area contributed by atoms with Crippen molar-refractivity contribution in [2.24, 2.45) is 0 Å². The highest BCUT2D eigenvalue weighted by atomic mass is 16.4. The molecule has 1 heterocycles. The highest BCUT2D eigenvalue weighted by Gasteiger charge is 2.28. The summed E-state index contributed by atoms with van der Waals surface area (Å²) in [6, 6.07) is 9.56. The Morgan fingerprint density at radius 3 is 3.00 bits per heavy atom. The van der Waals surface area contributed by atoms with Gasteiger partial charge in [0.2, 0.25) is 0 Å². The highest BCUT2D eigenvalue weighted by molar-refractivity contribution is 5.90. The molecule has 1 unspecified atom stereocenters. The van der Waals surface area contributed by atoms with Crippen LogP contribution in [0.25, 0.3) is 0 Å². The van der Waals surface area contributed by atoms with Crippen molar-refractivity contribution >= 4 is 5.97 Å². The van der Waals surface area contributed by atoms with Crippen molar-refractivity contribution in [3.63, 3.8) is 0 Å². The summed E-state index contributed by atoms with van der Waals surface area (Å²) in [6.07, 6.45) is 3.70. The van der Waals surface area contributed by atoms with Crippen LogP contribution < -0.4 is 0 Å². The Morgan fingerprint density at radius 2 is 2.21 bits per heavy atom. The lowest BCUT2D eigenvalue weighted by molar-refractivity contribution is 0.0695. The predicted molar refractivity (Wildman–Crippen MR) is 72.5 cm³/mol. The summed E-state index contributed by atoms with van der Waals surface area (Å²) < 4.78 is 0. The number of carbonyl (C=O) groups is 1. The van der Waals surface area contributed by atoms with Crippen LogP contribution in [0.15, 0.2) is 36.5 Å². The topological polar surface area (TPSA) is 50.2 Å². The van der Waals surface area contributed by atoms with Gasteiger partial charge in [0, 0.05) is 12.1 Å². The second kappa shape index (κ2) is 4.50. The van der Waals surface area contributed by atoms with Gasteiger partial charge in [-0.2, -0.15) is 0 Å². The standard InChI is InChI=1S/C16H15NO2/c1-10-4-6-13(16(18)19)14(9-10)12-7-5-11-3-2-8-17-15(11)12/h2-4,6,8-9,12H,5,7H2,1H3,(H,18,19). The molecule has 0 bridgehead atoms. The van der Waals surface area contributed by atoms with E-state index < -0.39 is 5.97 Å². The Balaban J connectivity index is 2.13. The van der Waals surface area contributed by atoms with Gasteiger partial charge in [0.15, 0.2) is 0 Å². The number of benzene rings is 1. The predicted octanol–water partition coefficient (Wildman–Crippen LogP) is 3.17. The molecule has 1 N–H and O–H groups in total. The Morgan fingerprint density at radius 1 is 1.37 bits per heavy atom. The molecule has 0 fully saturated rings. The summed E-state index contributed by atoms with van der Waals surface area (Å²) in [7, 11) is 0. The number of fused-ring (bicyclic) bond motifs is 1. The summed E-state index contributed by atoms with van der Waals surface area (Å²) >= 11 is 0. The Kier molecular flexibility index (Phi) is 2.82. The third kappa shape index (κ3) is 2.01. The summed E-state index contributed by atoms with van der Waals surface area (Å²) in [6.45, 7) is 1.99. The van der Waals surface area contributed by atoms with Crippen LogP contribution in [-0.4, -0.2) is 16.1 Å². The monoisotopic (exact) mass is 253 g/mol. The van der Waals surface area contributed by atoms with Gasteiger partial charge in [0.1, 0.15) is 0 Å². The van der Waals surface area contributed by atoms with E-state index in [1.165, 1.54) is 5.56 Å². The molecule has 1 aromatic heterocycles. The first-order chi connectivity index (χ1) is 9.16. The van der Waals surface area contributed by atoms with Crippen LogP contribution >= 0.6 is 0 Å². The van der Waals surface area contributed by atoms with Crippen LogP contribution in [0.3, 0.4) is 0 Å². The van der Waals surface area contributed by atoms with Gasteiger partial charge in [-0.15, -0.1) is 0 Å². The van der Waals surface area contributed by atoms with Gasteiger partial charge >= 0.3 is 5.97 Å². The van der Waals surface area contributed by atoms with Gasteiger partial charge in [-0.05, 0) is 43.0 Å². The van der Waals surface area contributed by atoms with Gasteiger partial charge in [-0.1, -0.05) is 23.8 Å². The fraction of sp³-hybridized carbons (Fsp3) is 0.250. The normalized spacial score (nSPS) is 17.2. The number of carboxylic acids is 1. The lowest BCUT2D eigenvalue weighted by Crippen LogP contribution is -2.08. The summed E-state index contributed by atoms with van der Waals surface area (Å²) in [5, 5.41) is 9.34. The number of hydrogen-bond donors (Lipinski definition) is 1. The number of rotatable bonds is 2. The number of nitrogens with zero attached hydrogens (tertiary/aromatic N) is 1. The number of aromatic carboxylic acids is 1. The first-order valence-corrected chi connectivity index (χ1v) is 6.44. The molecule has 96 valence electrons. The van der Waals surface area contributed by atoms with Crippen molar-refractivity contribution in [1.29, 1.82) is 0 Å². The van der Waals surface area contributed by atoms with E-state index in [0.29, 0.717) is 5.56 Å². The largest absolute Gasteiger partial charge is 0.478 e. The Labute approximate surface area is 111 Å². The molecule has 0 radical (unpaired) electrons. The molecule has 0 saturated carbocycles. The molecule has 1 aliphatic carbocycles. The van der Waals surface area contributed by atoms with Gasteiger partial charge in [0.25, 0.3) is 0 Å². The van der Waals surface area contributed by atoms with Gasteiger partial charge < -0.3 is 5.11 Å². The quantitative estimate of drug-likeness (QED) is 0.894. The van der Waals surface area contributed by atoms with Crippen molar-refractivity contribution in [3.8, 4) is 0 Å². The van der Waals surface area contributed by atoms with Crippen LogP contribution in [0.4, 0.5) is 0 Å². The average molecular weight is 253 g/mol. The molecule has 2 aromatic rings. The van der Waals surface area contributed by atoms with E-state index >= 15 is 0 Å². The zero-order valence-electron chi connectivity index (χ0n) is 10.8. The lowest BCUT2D eigenvalue weighted by Gasteiger charge is -2.14. The number of aryl methyl sites for hydroxylation is 2. The van der Waals surface area contributed by atoms with Crippen LogP contribution in [0.2, 0.25) is 0 Å². The molecule has 0 aliphatic heterocycles. The molecule has 1 aliphatic rings. The summed E-state index contributed by atoms with van der Waals surface area (Å²) in [5.74, 6) is -0.749. The molecule has 3 heteroatoms. The fourth-order valence-electron chi connectivity index (χ4n) is 2.88. The zero-order valence-corrected chi connectivity index (χ0v) is 10.8. The molecule has 3 nitrogen and oxygen atoms in total. The number of pyridine rings is 1. The lowest BCUT2D eigenvalue weighted by atomic mass is 9.90. The number of hydrogen-bond acceptors (Lipinski definition) is 2. The van der Waals surface area contributed by atoms with Crippen molar-refractivity contribution in [2.45, 2.75) is 25.7 Å². The second-order valence-corrected chi connectivity index (χ2v) is 5.03. The van der Waals surface area contributed by atoms with Gasteiger partial charge in [0.05, 0.1) is 11.3 Å².